The lowest BCUT2D eigenvalue weighted by Gasteiger charge is -2.29. The van der Waals surface area contributed by atoms with Gasteiger partial charge in [0.15, 0.2) is 0 Å². The van der Waals surface area contributed by atoms with Crippen molar-refractivity contribution in [2.75, 3.05) is 35.2 Å². The summed E-state index contributed by atoms with van der Waals surface area (Å²) in [5.74, 6) is -1.48. The van der Waals surface area contributed by atoms with Gasteiger partial charge in [0.25, 0.3) is 15.9 Å². The molecule has 0 radical (unpaired) electrons. The highest BCUT2D eigenvalue weighted by Gasteiger charge is 2.23. The standard InChI is InChI=1S/C20H22FN3O5S/c1-13(25)22-18-7-6-16(11-17(18)21)30(27,28)23-15-5-8-19-14(10-15)4-3-9-24(19)20(26)12-29-2/h5-8,10-11,23H,3-4,9,12H2,1-2H3,(H,22,25). The predicted octanol–water partition coefficient (Wildman–Crippen LogP) is 2.51. The molecule has 0 bridgehead atoms. The Balaban J connectivity index is 1.83. The molecule has 8 nitrogen and oxygen atoms in total. The number of amides is 2. The predicted molar refractivity (Wildman–Crippen MR) is 111 cm³/mol. The lowest BCUT2D eigenvalue weighted by Crippen LogP contribution is -2.37. The van der Waals surface area contributed by atoms with Gasteiger partial charge < -0.3 is 15.0 Å². The maximum Gasteiger partial charge on any atom is 0.261 e. The Bertz CT molecular complexity index is 1090. The molecule has 0 aromatic heterocycles. The first-order chi connectivity index (χ1) is 14.2. The molecule has 0 aliphatic carbocycles. The van der Waals surface area contributed by atoms with Crippen LogP contribution in [0.2, 0.25) is 0 Å². The van der Waals surface area contributed by atoms with Gasteiger partial charge in [0.05, 0.1) is 10.6 Å². The fraction of sp³-hybridized carbons (Fsp3) is 0.300. The summed E-state index contributed by atoms with van der Waals surface area (Å²) in [6, 6.07) is 8.15. The Hall–Kier alpha value is -2.98. The fourth-order valence-corrected chi connectivity index (χ4v) is 4.35. The van der Waals surface area contributed by atoms with Crippen LogP contribution < -0.4 is 14.9 Å². The van der Waals surface area contributed by atoms with E-state index in [0.717, 1.165) is 23.7 Å². The first-order valence-corrected chi connectivity index (χ1v) is 10.7. The molecule has 0 fully saturated rings. The van der Waals surface area contributed by atoms with E-state index < -0.39 is 21.7 Å². The van der Waals surface area contributed by atoms with Crippen LogP contribution in [0.5, 0.6) is 0 Å². The zero-order valence-corrected chi connectivity index (χ0v) is 17.4. The minimum absolute atomic E-state index is 0.0339. The van der Waals surface area contributed by atoms with Crippen molar-refractivity contribution in [2.24, 2.45) is 0 Å². The summed E-state index contributed by atoms with van der Waals surface area (Å²) in [6.07, 6.45) is 1.44. The minimum atomic E-state index is -4.05. The number of anilines is 3. The summed E-state index contributed by atoms with van der Waals surface area (Å²) in [5, 5.41) is 2.29. The van der Waals surface area contributed by atoms with E-state index in [4.69, 9.17) is 4.74 Å². The molecule has 0 atom stereocenters. The number of hydrogen-bond acceptors (Lipinski definition) is 5. The third-order valence-electron chi connectivity index (χ3n) is 4.58. The molecule has 2 N–H and O–H groups in total. The number of fused-ring (bicyclic) bond motifs is 1. The summed E-state index contributed by atoms with van der Waals surface area (Å²) in [7, 11) is -2.60. The Morgan fingerprint density at radius 1 is 1.20 bits per heavy atom. The number of nitrogens with zero attached hydrogens (tertiary/aromatic N) is 1. The molecule has 2 amide bonds. The van der Waals surface area contributed by atoms with Gasteiger partial charge in [-0.15, -0.1) is 0 Å². The third kappa shape index (κ3) is 4.77. The molecular formula is C20H22FN3O5S. The van der Waals surface area contributed by atoms with Crippen LogP contribution in [-0.2, 0) is 30.8 Å². The molecule has 3 rings (SSSR count). The smallest absolute Gasteiger partial charge is 0.261 e. The van der Waals surface area contributed by atoms with Gasteiger partial charge in [-0.2, -0.15) is 0 Å². The van der Waals surface area contributed by atoms with Crippen molar-refractivity contribution in [3.8, 4) is 0 Å². The van der Waals surface area contributed by atoms with Crippen LogP contribution in [0.1, 0.15) is 18.9 Å². The van der Waals surface area contributed by atoms with Gasteiger partial charge in [-0.3, -0.25) is 14.3 Å². The topological polar surface area (TPSA) is 105 Å². The minimum Gasteiger partial charge on any atom is -0.375 e. The Morgan fingerprint density at radius 3 is 2.63 bits per heavy atom. The van der Waals surface area contributed by atoms with Crippen LogP contribution in [0.25, 0.3) is 0 Å². The van der Waals surface area contributed by atoms with Gasteiger partial charge in [0, 0.05) is 32.0 Å². The number of carbonyl (C=O) groups excluding carboxylic acids is 2. The zero-order valence-electron chi connectivity index (χ0n) is 16.6. The molecule has 160 valence electrons. The van der Waals surface area contributed by atoms with Crippen molar-refractivity contribution < 1.29 is 27.1 Å². The number of rotatable bonds is 6. The lowest BCUT2D eigenvalue weighted by atomic mass is 10.0. The van der Waals surface area contributed by atoms with E-state index in [0.29, 0.717) is 18.7 Å². The molecule has 1 heterocycles. The third-order valence-corrected chi connectivity index (χ3v) is 5.96. The molecule has 0 unspecified atom stereocenters. The van der Waals surface area contributed by atoms with Gasteiger partial charge in [-0.1, -0.05) is 0 Å². The summed E-state index contributed by atoms with van der Waals surface area (Å²) in [4.78, 5) is 24.6. The maximum absolute atomic E-state index is 14.1. The number of benzene rings is 2. The van der Waals surface area contributed by atoms with E-state index in [1.807, 2.05) is 0 Å². The molecule has 2 aromatic rings. The van der Waals surface area contributed by atoms with Crippen molar-refractivity contribution in [2.45, 2.75) is 24.7 Å². The molecule has 0 saturated carbocycles. The summed E-state index contributed by atoms with van der Waals surface area (Å²) >= 11 is 0. The Labute approximate surface area is 174 Å². The number of nitrogens with one attached hydrogen (secondary N) is 2. The van der Waals surface area contributed by atoms with E-state index in [1.165, 1.54) is 26.2 Å². The average molecular weight is 435 g/mol. The van der Waals surface area contributed by atoms with E-state index in [2.05, 4.69) is 10.0 Å². The molecule has 10 heteroatoms. The number of halogens is 1. The second-order valence-electron chi connectivity index (χ2n) is 6.85. The maximum atomic E-state index is 14.1. The van der Waals surface area contributed by atoms with Crippen molar-refractivity contribution >= 4 is 38.9 Å². The normalized spacial score (nSPS) is 13.5. The van der Waals surface area contributed by atoms with Gasteiger partial charge >= 0.3 is 0 Å². The largest absolute Gasteiger partial charge is 0.375 e. The van der Waals surface area contributed by atoms with Crippen molar-refractivity contribution in [3.63, 3.8) is 0 Å². The zero-order chi connectivity index (χ0) is 21.9. The van der Waals surface area contributed by atoms with Crippen LogP contribution in [0.3, 0.4) is 0 Å². The van der Waals surface area contributed by atoms with Crippen LogP contribution in [0.15, 0.2) is 41.3 Å². The van der Waals surface area contributed by atoms with Crippen LogP contribution >= 0.6 is 0 Å². The highest BCUT2D eigenvalue weighted by Crippen LogP contribution is 2.31. The second kappa shape index (κ2) is 8.80. The van der Waals surface area contributed by atoms with E-state index >= 15 is 0 Å². The lowest BCUT2D eigenvalue weighted by molar-refractivity contribution is -0.122. The van der Waals surface area contributed by atoms with Crippen molar-refractivity contribution in [1.29, 1.82) is 0 Å². The Morgan fingerprint density at radius 2 is 1.97 bits per heavy atom. The van der Waals surface area contributed by atoms with Crippen LogP contribution in [0, 0.1) is 5.82 Å². The fourth-order valence-electron chi connectivity index (χ4n) is 3.29. The monoisotopic (exact) mass is 435 g/mol. The van der Waals surface area contributed by atoms with Gasteiger partial charge in [-0.05, 0) is 54.8 Å². The highest BCUT2D eigenvalue weighted by molar-refractivity contribution is 7.92. The molecule has 2 aromatic carbocycles. The first-order valence-electron chi connectivity index (χ1n) is 9.23. The number of hydrogen-bond donors (Lipinski definition) is 2. The van der Waals surface area contributed by atoms with Gasteiger partial charge in [0.1, 0.15) is 12.4 Å². The number of ether oxygens (including phenoxy) is 1. The number of sulfonamides is 1. The average Bonchev–Trinajstić information content (AvgIpc) is 2.68. The number of aryl methyl sites for hydroxylation is 1. The van der Waals surface area contributed by atoms with Crippen molar-refractivity contribution in [3.05, 3.63) is 47.8 Å². The summed E-state index contributed by atoms with van der Waals surface area (Å²) < 4.78 is 46.8. The molecule has 1 aliphatic heterocycles. The summed E-state index contributed by atoms with van der Waals surface area (Å²) in [6.45, 7) is 1.76. The van der Waals surface area contributed by atoms with E-state index in [-0.39, 0.29) is 23.1 Å². The number of methoxy groups -OCH3 is 1. The first kappa shape index (κ1) is 21.7. The highest BCUT2D eigenvalue weighted by atomic mass is 32.2. The van der Waals surface area contributed by atoms with Crippen LogP contribution in [-0.4, -0.2) is 40.5 Å². The second-order valence-corrected chi connectivity index (χ2v) is 8.54. The van der Waals surface area contributed by atoms with Gasteiger partial charge in [-0.25, -0.2) is 12.8 Å². The van der Waals surface area contributed by atoms with Gasteiger partial charge in [0.2, 0.25) is 5.91 Å². The quantitative estimate of drug-likeness (QED) is 0.726. The molecule has 30 heavy (non-hydrogen) atoms. The SMILES string of the molecule is COCC(=O)N1CCCc2cc(NS(=O)(=O)c3ccc(NC(C)=O)c(F)c3)ccc21. The van der Waals surface area contributed by atoms with Crippen LogP contribution in [0.4, 0.5) is 21.5 Å². The summed E-state index contributed by atoms with van der Waals surface area (Å²) in [5.41, 5.74) is 1.76. The molecule has 0 saturated heterocycles. The molecule has 0 spiro atoms. The van der Waals surface area contributed by atoms with Crippen molar-refractivity contribution in [1.82, 2.24) is 0 Å². The molecule has 1 aliphatic rings. The molecular weight excluding hydrogens is 413 g/mol. The van der Waals surface area contributed by atoms with E-state index in [1.54, 1.807) is 23.1 Å². The Kier molecular flexibility index (Phi) is 6.37. The number of carbonyl (C=O) groups is 2. The van der Waals surface area contributed by atoms with E-state index in [9.17, 15) is 22.4 Å².